The van der Waals surface area contributed by atoms with Gasteiger partial charge in [-0.2, -0.15) is 0 Å². The Morgan fingerprint density at radius 2 is 1.53 bits per heavy atom. The van der Waals surface area contributed by atoms with Gasteiger partial charge in [0, 0.05) is 31.6 Å². The lowest BCUT2D eigenvalue weighted by Crippen LogP contribution is -2.46. The second kappa shape index (κ2) is 13.4. The number of halogens is 1. The first kappa shape index (κ1) is 27.6. The molecule has 0 saturated heterocycles. The van der Waals surface area contributed by atoms with E-state index in [1.807, 2.05) is 31.3 Å². The topological polar surface area (TPSA) is 61.4 Å². The van der Waals surface area contributed by atoms with E-state index in [9.17, 15) is 9.59 Å². The third kappa shape index (κ3) is 7.33. The quantitative estimate of drug-likeness (QED) is 0.369. The van der Waals surface area contributed by atoms with Crippen LogP contribution in [0, 0.1) is 0 Å². The maximum absolute atomic E-state index is 13.2. The Labute approximate surface area is 230 Å². The maximum Gasteiger partial charge on any atom is 0.237 e. The average Bonchev–Trinajstić information content (AvgIpc) is 3.07. The summed E-state index contributed by atoms with van der Waals surface area (Å²) in [6.45, 7) is 3.08. The van der Waals surface area contributed by atoms with Crippen molar-refractivity contribution in [1.82, 2.24) is 15.5 Å². The van der Waals surface area contributed by atoms with Gasteiger partial charge in [0.05, 0.1) is 6.04 Å². The zero-order valence-corrected chi connectivity index (χ0v) is 22.9. The molecule has 38 heavy (non-hydrogen) atoms. The van der Waals surface area contributed by atoms with Crippen LogP contribution in [0.25, 0.3) is 5.57 Å². The highest BCUT2D eigenvalue weighted by atomic mass is 35.5. The van der Waals surface area contributed by atoms with Crippen LogP contribution in [-0.4, -0.2) is 42.9 Å². The summed E-state index contributed by atoms with van der Waals surface area (Å²) in [7, 11) is 1.98. The van der Waals surface area contributed by atoms with E-state index in [2.05, 4.69) is 70.1 Å². The molecule has 3 aromatic rings. The highest BCUT2D eigenvalue weighted by molar-refractivity contribution is 6.30. The van der Waals surface area contributed by atoms with Crippen molar-refractivity contribution < 1.29 is 9.59 Å². The van der Waals surface area contributed by atoms with Crippen LogP contribution in [0.4, 0.5) is 0 Å². The van der Waals surface area contributed by atoms with Gasteiger partial charge in [-0.3, -0.25) is 14.5 Å². The molecule has 1 atom stereocenters. The van der Waals surface area contributed by atoms with E-state index < -0.39 is 0 Å². The Kier molecular flexibility index (Phi) is 9.74. The molecule has 2 amide bonds. The Bertz CT molecular complexity index is 1240. The number of likely N-dealkylation sites (N-methyl/N-ethyl adjacent to an activating group) is 1. The summed E-state index contributed by atoms with van der Waals surface area (Å²) in [6.07, 6.45) is 5.71. The van der Waals surface area contributed by atoms with Gasteiger partial charge in [0.15, 0.2) is 0 Å². The molecule has 0 bridgehead atoms. The minimum atomic E-state index is -0.360. The Morgan fingerprint density at radius 3 is 2.13 bits per heavy atom. The highest BCUT2D eigenvalue weighted by Crippen LogP contribution is 2.33. The van der Waals surface area contributed by atoms with Crippen LogP contribution >= 0.6 is 11.6 Å². The smallest absolute Gasteiger partial charge is 0.237 e. The summed E-state index contributed by atoms with van der Waals surface area (Å²) < 4.78 is 0. The first-order valence-electron chi connectivity index (χ1n) is 13.3. The number of hydrogen-bond acceptors (Lipinski definition) is 3. The number of aryl methyl sites for hydroxylation is 2. The summed E-state index contributed by atoms with van der Waals surface area (Å²) >= 11 is 5.99. The first-order valence-corrected chi connectivity index (χ1v) is 13.6. The lowest BCUT2D eigenvalue weighted by molar-refractivity contribution is -0.127. The molecule has 0 aliphatic heterocycles. The summed E-state index contributed by atoms with van der Waals surface area (Å²) in [5.41, 5.74) is 7.59. The molecule has 0 saturated carbocycles. The van der Waals surface area contributed by atoms with Gasteiger partial charge in [0.1, 0.15) is 0 Å². The number of fused-ring (bicyclic) bond motifs is 2. The Morgan fingerprint density at radius 1 is 0.921 bits per heavy atom. The van der Waals surface area contributed by atoms with Crippen molar-refractivity contribution in [3.8, 4) is 0 Å². The normalized spacial score (nSPS) is 13.2. The number of nitrogens with one attached hydrogen (secondary N) is 2. The molecule has 1 unspecified atom stereocenters. The number of hydrogen-bond donors (Lipinski definition) is 2. The predicted octanol–water partition coefficient (Wildman–Crippen LogP) is 5.40. The highest BCUT2D eigenvalue weighted by Gasteiger charge is 2.23. The van der Waals surface area contributed by atoms with E-state index in [1.54, 1.807) is 0 Å². The minimum Gasteiger partial charge on any atom is -0.356 e. The lowest BCUT2D eigenvalue weighted by atomic mass is 9.93. The van der Waals surface area contributed by atoms with Crippen LogP contribution in [0.1, 0.15) is 47.6 Å². The van der Waals surface area contributed by atoms with Crippen molar-refractivity contribution in [1.29, 1.82) is 0 Å². The van der Waals surface area contributed by atoms with Crippen LogP contribution in [0.5, 0.6) is 0 Å². The van der Waals surface area contributed by atoms with E-state index in [0.29, 0.717) is 31.1 Å². The monoisotopic (exact) mass is 529 g/mol. The molecule has 1 aliphatic carbocycles. The first-order chi connectivity index (χ1) is 18.4. The fourth-order valence-electron chi connectivity index (χ4n) is 5.05. The molecule has 198 valence electrons. The van der Waals surface area contributed by atoms with Gasteiger partial charge < -0.3 is 10.6 Å². The molecule has 0 fully saturated rings. The van der Waals surface area contributed by atoms with Gasteiger partial charge in [-0.1, -0.05) is 78.3 Å². The van der Waals surface area contributed by atoms with E-state index >= 15 is 0 Å². The largest absolute Gasteiger partial charge is 0.356 e. The van der Waals surface area contributed by atoms with Crippen molar-refractivity contribution in [2.45, 2.75) is 45.2 Å². The SMILES string of the molecule is CC(=O)NCCC(C(=O)NCc1ccc(Cl)cc1)N(C)CCC=C1c2ccccc2CCc2ccccc21. The van der Waals surface area contributed by atoms with Crippen molar-refractivity contribution in [2.75, 3.05) is 20.1 Å². The summed E-state index contributed by atoms with van der Waals surface area (Å²) in [5, 5.41) is 6.56. The second-order valence-corrected chi connectivity index (χ2v) is 10.3. The fourth-order valence-corrected chi connectivity index (χ4v) is 5.18. The van der Waals surface area contributed by atoms with Crippen molar-refractivity contribution in [3.05, 3.63) is 112 Å². The van der Waals surface area contributed by atoms with Crippen molar-refractivity contribution >= 4 is 29.0 Å². The zero-order valence-electron chi connectivity index (χ0n) is 22.2. The molecular weight excluding hydrogens is 494 g/mol. The Hall–Kier alpha value is -3.41. The number of amides is 2. The van der Waals surface area contributed by atoms with Crippen LogP contribution in [0.15, 0.2) is 78.9 Å². The molecule has 1 aliphatic rings. The van der Waals surface area contributed by atoms with Crippen LogP contribution < -0.4 is 10.6 Å². The van der Waals surface area contributed by atoms with Gasteiger partial charge in [0.25, 0.3) is 0 Å². The van der Waals surface area contributed by atoms with Gasteiger partial charge >= 0.3 is 0 Å². The molecule has 2 N–H and O–H groups in total. The van der Waals surface area contributed by atoms with E-state index in [4.69, 9.17) is 11.6 Å². The number of benzene rings is 3. The van der Waals surface area contributed by atoms with Crippen LogP contribution in [-0.2, 0) is 29.0 Å². The lowest BCUT2D eigenvalue weighted by Gasteiger charge is -2.27. The average molecular weight is 530 g/mol. The third-order valence-corrected chi connectivity index (χ3v) is 7.37. The second-order valence-electron chi connectivity index (χ2n) is 9.83. The molecule has 0 spiro atoms. The predicted molar refractivity (Wildman–Crippen MR) is 155 cm³/mol. The minimum absolute atomic E-state index is 0.0504. The third-order valence-electron chi connectivity index (χ3n) is 7.12. The molecule has 0 radical (unpaired) electrons. The van der Waals surface area contributed by atoms with Gasteiger partial charge in [-0.25, -0.2) is 0 Å². The molecule has 3 aromatic carbocycles. The molecule has 6 heteroatoms. The number of carbonyl (C=O) groups is 2. The molecule has 4 rings (SSSR count). The molecular formula is C32H36ClN3O2. The summed E-state index contributed by atoms with van der Waals surface area (Å²) in [5.74, 6) is -0.144. The fraction of sp³-hybridized carbons (Fsp3) is 0.312. The molecule has 0 heterocycles. The standard InChI is InChI=1S/C32H36ClN3O2/c1-23(37)34-20-19-31(32(38)35-22-24-13-17-27(33)18-14-24)36(2)21-7-12-30-28-10-5-3-8-25(28)15-16-26-9-4-6-11-29(26)30/h3-6,8-14,17-18,31H,7,15-16,19-22H2,1-2H3,(H,34,37)(H,35,38). The van der Waals surface area contributed by atoms with Crippen LogP contribution in [0.3, 0.4) is 0 Å². The summed E-state index contributed by atoms with van der Waals surface area (Å²) in [6, 6.07) is 24.4. The summed E-state index contributed by atoms with van der Waals surface area (Å²) in [4.78, 5) is 26.8. The maximum atomic E-state index is 13.2. The van der Waals surface area contributed by atoms with Gasteiger partial charge in [0.2, 0.25) is 11.8 Å². The number of nitrogens with zero attached hydrogens (tertiary/aromatic N) is 1. The van der Waals surface area contributed by atoms with Crippen molar-refractivity contribution in [2.24, 2.45) is 0 Å². The van der Waals surface area contributed by atoms with Crippen molar-refractivity contribution in [3.63, 3.8) is 0 Å². The molecule has 5 nitrogen and oxygen atoms in total. The van der Waals surface area contributed by atoms with E-state index in [1.165, 1.54) is 34.8 Å². The number of rotatable bonds is 10. The molecule has 0 aromatic heterocycles. The van der Waals surface area contributed by atoms with E-state index in [0.717, 1.165) is 24.8 Å². The van der Waals surface area contributed by atoms with Crippen LogP contribution in [0.2, 0.25) is 5.02 Å². The Balaban J connectivity index is 1.47. The van der Waals surface area contributed by atoms with Gasteiger partial charge in [-0.15, -0.1) is 0 Å². The van der Waals surface area contributed by atoms with Gasteiger partial charge in [-0.05, 0) is 78.3 Å². The number of carbonyl (C=O) groups excluding carboxylic acids is 2. The zero-order chi connectivity index (χ0) is 26.9. The van der Waals surface area contributed by atoms with E-state index in [-0.39, 0.29) is 17.9 Å².